The van der Waals surface area contributed by atoms with E-state index in [2.05, 4.69) is 0 Å². The Hall–Kier alpha value is -0.700. The predicted octanol–water partition coefficient (Wildman–Crippen LogP) is 2.82. The van der Waals surface area contributed by atoms with Gasteiger partial charge in [0.05, 0.1) is 5.02 Å². The lowest BCUT2D eigenvalue weighted by Gasteiger charge is -1.99. The molecule has 0 aliphatic carbocycles. The van der Waals surface area contributed by atoms with Crippen molar-refractivity contribution >= 4 is 11.6 Å². The summed E-state index contributed by atoms with van der Waals surface area (Å²) in [6.45, 7) is 4.92. The molecule has 0 spiro atoms. The van der Waals surface area contributed by atoms with Gasteiger partial charge < -0.3 is 0 Å². The molecule has 0 N–H and O–H groups in total. The highest BCUT2D eigenvalue weighted by molar-refractivity contribution is 6.30. The van der Waals surface area contributed by atoms with Crippen LogP contribution in [0.5, 0.6) is 0 Å². The molecule has 0 heterocycles. The second-order valence-electron chi connectivity index (χ2n) is 1.89. The van der Waals surface area contributed by atoms with Gasteiger partial charge in [0.15, 0.2) is 17.5 Å². The molecule has 1 aromatic carbocycles. The van der Waals surface area contributed by atoms with Gasteiger partial charge in [0, 0.05) is 6.92 Å². The van der Waals surface area contributed by atoms with E-state index in [0.29, 0.717) is 0 Å². The van der Waals surface area contributed by atoms with Crippen molar-refractivity contribution in [3.8, 4) is 0 Å². The Morgan fingerprint density at radius 3 is 2.18 bits per heavy atom. The zero-order valence-corrected chi connectivity index (χ0v) is 5.92. The molecule has 1 aromatic rings. The topological polar surface area (TPSA) is 0 Å². The van der Waals surface area contributed by atoms with E-state index in [1.165, 1.54) is 0 Å². The van der Waals surface area contributed by atoms with Crippen LogP contribution in [0.25, 0.3) is 0 Å². The molecule has 0 aliphatic heterocycles. The SMILES string of the molecule is [CH]c1cc(Cl)c(F)c(F)c1F. The molecule has 0 unspecified atom stereocenters. The quantitative estimate of drug-likeness (QED) is 0.423. The first-order chi connectivity index (χ1) is 5.04. The molecule has 4 heteroatoms. The highest BCUT2D eigenvalue weighted by Crippen LogP contribution is 2.22. The molecule has 0 fully saturated rings. The standard InChI is InChI=1S/C7H2ClF3/c1-3-2-4(8)6(10)7(11)5(3)9/h1-2H. The van der Waals surface area contributed by atoms with E-state index >= 15 is 0 Å². The normalized spacial score (nSPS) is 10.3. The van der Waals surface area contributed by atoms with Gasteiger partial charge in [-0.1, -0.05) is 11.6 Å². The van der Waals surface area contributed by atoms with Crippen molar-refractivity contribution in [1.29, 1.82) is 0 Å². The highest BCUT2D eigenvalue weighted by atomic mass is 35.5. The van der Waals surface area contributed by atoms with Crippen LogP contribution < -0.4 is 0 Å². The van der Waals surface area contributed by atoms with Crippen molar-refractivity contribution in [3.63, 3.8) is 0 Å². The summed E-state index contributed by atoms with van der Waals surface area (Å²) in [6.07, 6.45) is 0. The van der Waals surface area contributed by atoms with Gasteiger partial charge in [-0.05, 0) is 11.6 Å². The van der Waals surface area contributed by atoms with Crippen LogP contribution in [-0.2, 0) is 0 Å². The van der Waals surface area contributed by atoms with Crippen molar-refractivity contribution in [2.75, 3.05) is 0 Å². The second-order valence-corrected chi connectivity index (χ2v) is 2.30. The van der Waals surface area contributed by atoms with E-state index in [9.17, 15) is 13.2 Å². The summed E-state index contributed by atoms with van der Waals surface area (Å²) in [5, 5.41) is -0.526. The van der Waals surface area contributed by atoms with E-state index in [0.717, 1.165) is 6.07 Å². The summed E-state index contributed by atoms with van der Waals surface area (Å²) < 4.78 is 37.1. The number of halogens is 4. The molecule has 0 nitrogen and oxygen atoms in total. The summed E-state index contributed by atoms with van der Waals surface area (Å²) >= 11 is 5.13. The zero-order chi connectivity index (χ0) is 8.59. The van der Waals surface area contributed by atoms with E-state index in [1.807, 2.05) is 0 Å². The minimum Gasteiger partial charge on any atom is -0.203 e. The number of hydrogen-bond acceptors (Lipinski definition) is 0. The molecule has 0 saturated carbocycles. The average Bonchev–Trinajstić information content (AvgIpc) is 1.97. The molecule has 0 aromatic heterocycles. The fourth-order valence-electron chi connectivity index (χ4n) is 0.591. The van der Waals surface area contributed by atoms with Crippen LogP contribution in [-0.4, -0.2) is 0 Å². The minimum atomic E-state index is -1.64. The first kappa shape index (κ1) is 8.40. The molecule has 1 rings (SSSR count). The molecule has 0 saturated heterocycles. The van der Waals surface area contributed by atoms with Crippen LogP contribution in [0, 0.1) is 24.4 Å². The molecule has 58 valence electrons. The summed E-state index contributed by atoms with van der Waals surface area (Å²) in [4.78, 5) is 0. The Bertz CT molecular complexity index is 270. The van der Waals surface area contributed by atoms with Gasteiger partial charge in [-0.15, -0.1) is 0 Å². The lowest BCUT2D eigenvalue weighted by atomic mass is 10.2. The maximum Gasteiger partial charge on any atom is 0.196 e. The van der Waals surface area contributed by atoms with Crippen LogP contribution in [0.3, 0.4) is 0 Å². The van der Waals surface area contributed by atoms with Crippen LogP contribution in [0.1, 0.15) is 5.56 Å². The largest absolute Gasteiger partial charge is 0.203 e. The summed E-state index contributed by atoms with van der Waals surface area (Å²) in [5.74, 6) is -4.47. The molecule has 0 bridgehead atoms. The highest BCUT2D eigenvalue weighted by Gasteiger charge is 2.14. The van der Waals surface area contributed by atoms with Crippen LogP contribution >= 0.6 is 11.6 Å². The van der Waals surface area contributed by atoms with Gasteiger partial charge in [0.25, 0.3) is 0 Å². The third-order valence-corrected chi connectivity index (χ3v) is 1.41. The first-order valence-electron chi connectivity index (χ1n) is 2.62. The molecule has 0 amide bonds. The van der Waals surface area contributed by atoms with E-state index in [4.69, 9.17) is 18.5 Å². The average molecular weight is 179 g/mol. The summed E-state index contributed by atoms with van der Waals surface area (Å²) in [6, 6.07) is 0.815. The number of benzene rings is 1. The van der Waals surface area contributed by atoms with Gasteiger partial charge >= 0.3 is 0 Å². The fourth-order valence-corrected chi connectivity index (χ4v) is 0.792. The Labute approximate surface area is 66.6 Å². The maximum atomic E-state index is 12.4. The Morgan fingerprint density at radius 1 is 1.09 bits per heavy atom. The lowest BCUT2D eigenvalue weighted by Crippen LogP contribution is -1.94. The summed E-state index contributed by atoms with van der Waals surface area (Å²) in [7, 11) is 0. The predicted molar refractivity (Wildman–Crippen MR) is 34.7 cm³/mol. The Kier molecular flexibility index (Phi) is 2.09. The van der Waals surface area contributed by atoms with E-state index < -0.39 is 28.0 Å². The zero-order valence-electron chi connectivity index (χ0n) is 5.17. The maximum absolute atomic E-state index is 12.4. The van der Waals surface area contributed by atoms with Crippen molar-refractivity contribution < 1.29 is 13.2 Å². The third-order valence-electron chi connectivity index (χ3n) is 1.13. The molecule has 0 aliphatic rings. The van der Waals surface area contributed by atoms with Crippen molar-refractivity contribution in [1.82, 2.24) is 0 Å². The van der Waals surface area contributed by atoms with Crippen molar-refractivity contribution in [3.05, 3.63) is 41.0 Å². The smallest absolute Gasteiger partial charge is 0.196 e. The van der Waals surface area contributed by atoms with Gasteiger partial charge in [0.2, 0.25) is 0 Å². The van der Waals surface area contributed by atoms with Gasteiger partial charge in [0.1, 0.15) is 0 Å². The van der Waals surface area contributed by atoms with Crippen molar-refractivity contribution in [2.24, 2.45) is 0 Å². The van der Waals surface area contributed by atoms with Gasteiger partial charge in [-0.2, -0.15) is 0 Å². The number of rotatable bonds is 0. The lowest BCUT2D eigenvalue weighted by molar-refractivity contribution is 0.445. The van der Waals surface area contributed by atoms with Crippen molar-refractivity contribution in [2.45, 2.75) is 0 Å². The molecule has 2 radical (unpaired) electrons. The Balaban J connectivity index is 3.46. The first-order valence-corrected chi connectivity index (χ1v) is 3.00. The van der Waals surface area contributed by atoms with Crippen LogP contribution in [0.15, 0.2) is 6.07 Å². The Morgan fingerprint density at radius 2 is 1.64 bits per heavy atom. The van der Waals surface area contributed by atoms with Crippen LogP contribution in [0.4, 0.5) is 13.2 Å². The molecule has 11 heavy (non-hydrogen) atoms. The molecular weight excluding hydrogens is 177 g/mol. The van der Waals surface area contributed by atoms with E-state index in [1.54, 1.807) is 0 Å². The van der Waals surface area contributed by atoms with Gasteiger partial charge in [-0.25, -0.2) is 13.2 Å². The monoisotopic (exact) mass is 178 g/mol. The summed E-state index contributed by atoms with van der Waals surface area (Å²) in [5.41, 5.74) is -0.506. The van der Waals surface area contributed by atoms with Crippen LogP contribution in [0.2, 0.25) is 5.02 Å². The third kappa shape index (κ3) is 1.33. The minimum absolute atomic E-state index is 0.506. The molecular formula is C7H2ClF3. The second kappa shape index (κ2) is 2.74. The fraction of sp³-hybridized carbons (Fsp3) is 0. The van der Waals surface area contributed by atoms with Gasteiger partial charge in [-0.3, -0.25) is 0 Å². The number of hydrogen-bond donors (Lipinski definition) is 0. The molecule has 0 atom stereocenters. The van der Waals surface area contributed by atoms with E-state index in [-0.39, 0.29) is 0 Å².